The summed E-state index contributed by atoms with van der Waals surface area (Å²) < 4.78 is 0. The van der Waals surface area contributed by atoms with E-state index in [4.69, 9.17) is 0 Å². The van der Waals surface area contributed by atoms with E-state index in [1.807, 2.05) is 19.1 Å². The summed E-state index contributed by atoms with van der Waals surface area (Å²) >= 11 is 0. The van der Waals surface area contributed by atoms with Gasteiger partial charge in [0.05, 0.1) is 0 Å². The first-order chi connectivity index (χ1) is 7.27. The van der Waals surface area contributed by atoms with Gasteiger partial charge in [-0.05, 0) is 18.9 Å². The lowest BCUT2D eigenvalue weighted by molar-refractivity contribution is -0.118. The van der Waals surface area contributed by atoms with E-state index in [9.17, 15) is 4.79 Å². The first-order valence-corrected chi connectivity index (χ1v) is 5.24. The van der Waals surface area contributed by atoms with Gasteiger partial charge in [-0.2, -0.15) is 0 Å². The third kappa shape index (κ3) is 1.12. The smallest absolute Gasteiger partial charge is 0.268 e. The van der Waals surface area contributed by atoms with Crippen molar-refractivity contribution < 1.29 is 4.79 Å². The second kappa shape index (κ2) is 2.92. The molecule has 3 nitrogen and oxygen atoms in total. The van der Waals surface area contributed by atoms with Crippen molar-refractivity contribution in [3.05, 3.63) is 29.3 Å². The van der Waals surface area contributed by atoms with Gasteiger partial charge < -0.3 is 4.90 Å². The number of amides is 1. The number of benzene rings is 1. The SMILES string of the molecule is CC1C(=O)N=Cc2cccc3c2N1CC3. The quantitative estimate of drug-likeness (QED) is 0.634. The average Bonchev–Trinajstić information content (AvgIpc) is 2.63. The highest BCUT2D eigenvalue weighted by Crippen LogP contribution is 2.33. The zero-order chi connectivity index (χ0) is 10.4. The van der Waals surface area contributed by atoms with Crippen LogP contribution in [0.1, 0.15) is 18.1 Å². The fourth-order valence-electron chi connectivity index (χ4n) is 2.38. The third-order valence-electron chi connectivity index (χ3n) is 3.22. The maximum absolute atomic E-state index is 11.6. The summed E-state index contributed by atoms with van der Waals surface area (Å²) in [6.45, 7) is 2.86. The zero-order valence-corrected chi connectivity index (χ0v) is 8.60. The molecule has 0 fully saturated rings. The van der Waals surface area contributed by atoms with Crippen molar-refractivity contribution in [2.24, 2.45) is 4.99 Å². The van der Waals surface area contributed by atoms with Gasteiger partial charge in [0.2, 0.25) is 0 Å². The van der Waals surface area contributed by atoms with Crippen LogP contribution >= 0.6 is 0 Å². The summed E-state index contributed by atoms with van der Waals surface area (Å²) in [4.78, 5) is 17.8. The van der Waals surface area contributed by atoms with Crippen molar-refractivity contribution >= 4 is 17.8 Å². The minimum Gasteiger partial charge on any atom is -0.359 e. The monoisotopic (exact) mass is 200 g/mol. The van der Waals surface area contributed by atoms with Gasteiger partial charge in [0.15, 0.2) is 0 Å². The van der Waals surface area contributed by atoms with E-state index in [2.05, 4.69) is 16.0 Å². The summed E-state index contributed by atoms with van der Waals surface area (Å²) in [7, 11) is 0. The molecule has 0 aliphatic carbocycles. The number of carbonyl (C=O) groups is 1. The minimum absolute atomic E-state index is 0.0425. The van der Waals surface area contributed by atoms with E-state index in [0.29, 0.717) is 0 Å². The van der Waals surface area contributed by atoms with E-state index in [0.717, 1.165) is 18.5 Å². The fraction of sp³-hybridized carbons (Fsp3) is 0.333. The summed E-state index contributed by atoms with van der Waals surface area (Å²) in [5, 5.41) is 0. The van der Waals surface area contributed by atoms with Crippen molar-refractivity contribution in [3.8, 4) is 0 Å². The van der Waals surface area contributed by atoms with E-state index in [1.165, 1.54) is 11.3 Å². The molecule has 0 radical (unpaired) electrons. The maximum atomic E-state index is 11.6. The summed E-state index contributed by atoms with van der Waals surface area (Å²) in [5.74, 6) is -0.0425. The molecule has 1 unspecified atom stereocenters. The number of rotatable bonds is 0. The normalized spacial score (nSPS) is 22.9. The molecule has 2 heterocycles. The largest absolute Gasteiger partial charge is 0.359 e. The van der Waals surface area contributed by atoms with Crippen LogP contribution in [-0.2, 0) is 11.2 Å². The molecule has 1 aromatic rings. The second-order valence-electron chi connectivity index (χ2n) is 4.07. The zero-order valence-electron chi connectivity index (χ0n) is 8.60. The third-order valence-corrected chi connectivity index (χ3v) is 3.22. The Bertz CT molecular complexity index is 465. The number of hydrogen-bond acceptors (Lipinski definition) is 2. The molecule has 2 aliphatic rings. The van der Waals surface area contributed by atoms with Crippen molar-refractivity contribution in [3.63, 3.8) is 0 Å². The first-order valence-electron chi connectivity index (χ1n) is 5.24. The number of para-hydroxylation sites is 1. The van der Waals surface area contributed by atoms with Crippen LogP contribution in [0.2, 0.25) is 0 Å². The Kier molecular flexibility index (Phi) is 1.69. The summed E-state index contributed by atoms with van der Waals surface area (Å²) in [6, 6.07) is 6.07. The van der Waals surface area contributed by atoms with Gasteiger partial charge in [-0.25, -0.2) is 4.99 Å². The number of nitrogens with zero attached hydrogens (tertiary/aromatic N) is 2. The van der Waals surface area contributed by atoms with Crippen LogP contribution in [0.3, 0.4) is 0 Å². The summed E-state index contributed by atoms with van der Waals surface area (Å²) in [5.41, 5.74) is 3.61. The second-order valence-corrected chi connectivity index (χ2v) is 4.07. The Morgan fingerprint density at radius 3 is 3.20 bits per heavy atom. The Morgan fingerprint density at radius 2 is 2.33 bits per heavy atom. The lowest BCUT2D eigenvalue weighted by atomic mass is 10.1. The lowest BCUT2D eigenvalue weighted by Crippen LogP contribution is -2.36. The molecule has 0 saturated carbocycles. The van der Waals surface area contributed by atoms with Crippen LogP contribution in [0.5, 0.6) is 0 Å². The van der Waals surface area contributed by atoms with Crippen LogP contribution in [-0.4, -0.2) is 24.7 Å². The molecule has 15 heavy (non-hydrogen) atoms. The molecule has 1 amide bonds. The van der Waals surface area contributed by atoms with Crippen molar-refractivity contribution in [2.45, 2.75) is 19.4 Å². The number of hydrogen-bond donors (Lipinski definition) is 0. The van der Waals surface area contributed by atoms with Crippen LogP contribution in [0.4, 0.5) is 5.69 Å². The van der Waals surface area contributed by atoms with Gasteiger partial charge in [0.25, 0.3) is 5.91 Å². The molecular weight excluding hydrogens is 188 g/mol. The van der Waals surface area contributed by atoms with Crippen molar-refractivity contribution in [1.82, 2.24) is 0 Å². The molecule has 3 rings (SSSR count). The van der Waals surface area contributed by atoms with Crippen molar-refractivity contribution in [1.29, 1.82) is 0 Å². The van der Waals surface area contributed by atoms with E-state index in [-0.39, 0.29) is 11.9 Å². The fourth-order valence-corrected chi connectivity index (χ4v) is 2.38. The van der Waals surface area contributed by atoms with Gasteiger partial charge >= 0.3 is 0 Å². The molecule has 0 aromatic heterocycles. The summed E-state index contributed by atoms with van der Waals surface area (Å²) in [6.07, 6.45) is 2.73. The molecule has 0 N–H and O–H groups in total. The molecule has 2 aliphatic heterocycles. The van der Waals surface area contributed by atoms with Crippen LogP contribution in [0.15, 0.2) is 23.2 Å². The van der Waals surface area contributed by atoms with Gasteiger partial charge in [-0.3, -0.25) is 4.79 Å². The number of anilines is 1. The molecule has 76 valence electrons. The highest BCUT2D eigenvalue weighted by Gasteiger charge is 2.30. The Balaban J connectivity index is 2.24. The van der Waals surface area contributed by atoms with E-state index < -0.39 is 0 Å². The highest BCUT2D eigenvalue weighted by molar-refractivity contribution is 6.02. The maximum Gasteiger partial charge on any atom is 0.268 e. The number of carbonyl (C=O) groups excluding carboxylic acids is 1. The predicted molar refractivity (Wildman–Crippen MR) is 59.6 cm³/mol. The molecule has 1 atom stereocenters. The molecule has 0 spiro atoms. The Labute approximate surface area is 88.4 Å². The van der Waals surface area contributed by atoms with Crippen LogP contribution < -0.4 is 4.90 Å². The Morgan fingerprint density at radius 1 is 1.47 bits per heavy atom. The van der Waals surface area contributed by atoms with E-state index >= 15 is 0 Å². The lowest BCUT2D eigenvalue weighted by Gasteiger charge is -2.23. The molecule has 0 bridgehead atoms. The van der Waals surface area contributed by atoms with Crippen LogP contribution in [0, 0.1) is 0 Å². The average molecular weight is 200 g/mol. The first kappa shape index (κ1) is 8.65. The van der Waals surface area contributed by atoms with Gasteiger partial charge in [0.1, 0.15) is 6.04 Å². The number of aliphatic imine (C=N–C) groups is 1. The van der Waals surface area contributed by atoms with Gasteiger partial charge in [-0.15, -0.1) is 0 Å². The van der Waals surface area contributed by atoms with E-state index in [1.54, 1.807) is 6.21 Å². The van der Waals surface area contributed by atoms with Crippen LogP contribution in [0.25, 0.3) is 0 Å². The predicted octanol–water partition coefficient (Wildman–Crippen LogP) is 1.40. The topological polar surface area (TPSA) is 32.7 Å². The highest BCUT2D eigenvalue weighted by atomic mass is 16.1. The molecule has 1 aromatic carbocycles. The molecule has 3 heteroatoms. The minimum atomic E-state index is -0.119. The standard InChI is InChI=1S/C12H12N2O/c1-8-12(15)13-7-10-4-2-3-9-5-6-14(8)11(9)10/h2-4,7-8H,5-6H2,1H3. The molecule has 0 saturated heterocycles. The van der Waals surface area contributed by atoms with Gasteiger partial charge in [0, 0.05) is 24.0 Å². The Hall–Kier alpha value is -1.64. The van der Waals surface area contributed by atoms with Gasteiger partial charge in [-0.1, -0.05) is 18.2 Å². The molecular formula is C12H12N2O. The van der Waals surface area contributed by atoms with Crippen molar-refractivity contribution in [2.75, 3.05) is 11.4 Å².